The maximum Gasteiger partial charge on any atom is 0.212 e. The summed E-state index contributed by atoms with van der Waals surface area (Å²) >= 11 is 0. The number of nitrogens with one attached hydrogen (secondary N) is 1. The summed E-state index contributed by atoms with van der Waals surface area (Å²) in [5.74, 6) is 0.158. The quantitative estimate of drug-likeness (QED) is 0.879. The smallest absolute Gasteiger partial charge is 0.212 e. The maximum absolute atomic E-state index is 12.8. The van der Waals surface area contributed by atoms with Crippen LogP contribution in [0.5, 0.6) is 5.75 Å². The van der Waals surface area contributed by atoms with Gasteiger partial charge in [-0.2, -0.15) is 10.5 Å². The number of quaternary nitrogens is 1. The van der Waals surface area contributed by atoms with Gasteiger partial charge in [0.1, 0.15) is 5.75 Å². The monoisotopic (exact) mass is 384 g/mol. The maximum atomic E-state index is 12.8. The van der Waals surface area contributed by atoms with E-state index in [4.69, 9.17) is 4.74 Å². The van der Waals surface area contributed by atoms with Crippen LogP contribution < -0.4 is 9.64 Å². The van der Waals surface area contributed by atoms with Crippen molar-refractivity contribution in [2.75, 3.05) is 6.61 Å². The number of carbonyl (C=O) groups excluding carboxylic acids is 1. The van der Waals surface area contributed by atoms with Gasteiger partial charge >= 0.3 is 0 Å². The number of carbonyl (C=O) groups is 1. The summed E-state index contributed by atoms with van der Waals surface area (Å²) in [5, 5.41) is 20.6. The Bertz CT molecular complexity index is 1040. The van der Waals surface area contributed by atoms with Crippen LogP contribution in [0.3, 0.4) is 0 Å². The molecule has 1 unspecified atom stereocenters. The summed E-state index contributed by atoms with van der Waals surface area (Å²) in [6, 6.07) is 19.0. The molecule has 0 saturated carbocycles. The molecule has 1 saturated heterocycles. The Morgan fingerprint density at radius 2 is 1.83 bits per heavy atom. The van der Waals surface area contributed by atoms with Gasteiger partial charge in [-0.05, 0) is 36.3 Å². The molecule has 0 spiro atoms. The van der Waals surface area contributed by atoms with Crippen molar-refractivity contribution in [2.45, 2.75) is 31.8 Å². The number of hydrogen-bond donors (Lipinski definition) is 1. The van der Waals surface area contributed by atoms with E-state index in [1.165, 1.54) is 0 Å². The fraction of sp³-hybridized carbons (Fsp3) is 0.292. The fourth-order valence-electron chi connectivity index (χ4n) is 4.97. The van der Waals surface area contributed by atoms with Crippen molar-refractivity contribution in [3.05, 3.63) is 71.4 Å². The minimum Gasteiger partial charge on any atom is -0.494 e. The number of benzene rings is 2. The number of ketones is 1. The van der Waals surface area contributed by atoms with Crippen LogP contribution in [-0.4, -0.2) is 18.4 Å². The molecular formula is C24H22N3O2+. The molecule has 0 amide bonds. The lowest BCUT2D eigenvalue weighted by Crippen LogP contribution is -3.11. The first-order valence-corrected chi connectivity index (χ1v) is 9.76. The highest BCUT2D eigenvalue weighted by Gasteiger charge is 2.67. The number of Topliss-reactive ketones (excluding diaryl/α,β-unsaturated/α-hetero) is 1. The van der Waals surface area contributed by atoms with Crippen molar-refractivity contribution < 1.29 is 14.4 Å². The van der Waals surface area contributed by atoms with E-state index in [0.29, 0.717) is 6.61 Å². The number of ether oxygens (including phenoxy) is 1. The summed E-state index contributed by atoms with van der Waals surface area (Å²) in [6.45, 7) is 4.02. The van der Waals surface area contributed by atoms with Crippen molar-refractivity contribution in [1.82, 2.24) is 0 Å². The largest absolute Gasteiger partial charge is 0.494 e. The van der Waals surface area contributed by atoms with Crippen LogP contribution in [0.25, 0.3) is 6.08 Å². The van der Waals surface area contributed by atoms with Crippen molar-refractivity contribution in [3.63, 3.8) is 0 Å². The van der Waals surface area contributed by atoms with E-state index >= 15 is 0 Å². The predicted octanol–water partition coefficient (Wildman–Crippen LogP) is 2.78. The zero-order chi connectivity index (χ0) is 20.6. The molecular weight excluding hydrogens is 362 g/mol. The van der Waals surface area contributed by atoms with E-state index in [9.17, 15) is 15.3 Å². The lowest BCUT2D eigenvalue weighted by atomic mass is 9.68. The van der Waals surface area contributed by atoms with Crippen molar-refractivity contribution >= 4 is 11.9 Å². The highest BCUT2D eigenvalue weighted by molar-refractivity contribution is 5.82. The number of rotatable bonds is 4. The van der Waals surface area contributed by atoms with Crippen molar-refractivity contribution in [3.8, 4) is 17.9 Å². The van der Waals surface area contributed by atoms with Crippen LogP contribution in [0.15, 0.2) is 54.7 Å². The average molecular weight is 384 g/mol. The van der Waals surface area contributed by atoms with Crippen LogP contribution in [0.4, 0.5) is 0 Å². The molecule has 0 bridgehead atoms. The third-order valence-electron chi connectivity index (χ3n) is 6.09. The normalized spacial score (nSPS) is 25.9. The number of nitrogens with zero attached hydrogens (tertiary/aromatic N) is 2. The lowest BCUT2D eigenvalue weighted by molar-refractivity contribution is -0.885. The second-order valence-electron chi connectivity index (χ2n) is 7.56. The Morgan fingerprint density at radius 3 is 2.45 bits per heavy atom. The molecule has 0 aliphatic carbocycles. The molecule has 2 aliphatic rings. The molecule has 0 radical (unpaired) electrons. The molecule has 5 nitrogen and oxygen atoms in total. The van der Waals surface area contributed by atoms with Crippen LogP contribution in [-0.2, 0) is 4.79 Å². The van der Waals surface area contributed by atoms with Crippen molar-refractivity contribution in [1.29, 1.82) is 10.5 Å². The van der Waals surface area contributed by atoms with Crippen LogP contribution in [0.1, 0.15) is 42.5 Å². The summed E-state index contributed by atoms with van der Waals surface area (Å²) in [5.41, 5.74) is 1.38. The molecule has 1 N–H and O–H groups in total. The first-order chi connectivity index (χ1) is 14.1. The minimum atomic E-state index is -1.36. The van der Waals surface area contributed by atoms with Gasteiger partial charge in [-0.3, -0.25) is 9.69 Å². The van der Waals surface area contributed by atoms with Crippen LogP contribution in [0.2, 0.25) is 0 Å². The Kier molecular flexibility index (Phi) is 4.70. The highest BCUT2D eigenvalue weighted by atomic mass is 16.5. The van der Waals surface area contributed by atoms with Gasteiger partial charge in [0.2, 0.25) is 5.41 Å². The minimum absolute atomic E-state index is 0.0275. The van der Waals surface area contributed by atoms with Gasteiger partial charge in [0.05, 0.1) is 30.9 Å². The van der Waals surface area contributed by atoms with Gasteiger partial charge < -0.3 is 4.74 Å². The topological polar surface area (TPSA) is 78.3 Å². The molecule has 2 aliphatic heterocycles. The van der Waals surface area contributed by atoms with Crippen LogP contribution >= 0.6 is 0 Å². The van der Waals surface area contributed by atoms with E-state index < -0.39 is 23.4 Å². The van der Waals surface area contributed by atoms with Crippen molar-refractivity contribution in [2.24, 2.45) is 5.41 Å². The molecule has 0 aromatic heterocycles. The van der Waals surface area contributed by atoms with E-state index in [0.717, 1.165) is 27.3 Å². The number of hydrogen-bond acceptors (Lipinski definition) is 4. The lowest BCUT2D eigenvalue weighted by Gasteiger charge is -2.29. The van der Waals surface area contributed by atoms with Gasteiger partial charge in [-0.25, -0.2) is 0 Å². The van der Waals surface area contributed by atoms with E-state index in [-0.39, 0.29) is 5.78 Å². The Balaban J connectivity index is 1.92. The Labute approximate surface area is 170 Å². The van der Waals surface area contributed by atoms with Crippen LogP contribution in [0, 0.1) is 28.1 Å². The SMILES string of the molecule is CCOc1ccc([C@@H]2[C@@H](C(C)=O)[NH+]3C=Cc4ccccc4[C@@H]3C2(C#N)C#N)cc1. The van der Waals surface area contributed by atoms with Gasteiger partial charge in [-0.15, -0.1) is 0 Å². The Morgan fingerprint density at radius 1 is 1.14 bits per heavy atom. The van der Waals surface area contributed by atoms with Gasteiger partial charge in [0.15, 0.2) is 17.9 Å². The second-order valence-corrected chi connectivity index (χ2v) is 7.56. The summed E-state index contributed by atoms with van der Waals surface area (Å²) in [7, 11) is 0. The number of fused-ring (bicyclic) bond motifs is 3. The second kappa shape index (κ2) is 7.20. The first-order valence-electron chi connectivity index (χ1n) is 9.76. The van der Waals surface area contributed by atoms with Gasteiger partial charge in [-0.1, -0.05) is 36.4 Å². The molecule has 4 atom stereocenters. The molecule has 5 heteroatoms. The average Bonchev–Trinajstić information content (AvgIpc) is 3.06. The molecule has 144 valence electrons. The predicted molar refractivity (Wildman–Crippen MR) is 108 cm³/mol. The first kappa shape index (κ1) is 18.9. The zero-order valence-electron chi connectivity index (χ0n) is 16.4. The molecule has 2 heterocycles. The van der Waals surface area contributed by atoms with Gasteiger partial charge in [0.25, 0.3) is 0 Å². The Hall–Kier alpha value is -3.41. The third kappa shape index (κ3) is 2.75. The number of nitriles is 2. The standard InChI is InChI=1S/C24H21N3O2/c1-3-29-19-10-8-18(9-11-19)21-22(16(2)28)27-13-12-17-6-4-5-7-20(17)23(27)24(21,14-25)15-26/h4-13,21-23H,3H2,1-2H3/p+1/t21-,22-,23-/m1/s1. The molecule has 1 fully saturated rings. The molecule has 29 heavy (non-hydrogen) atoms. The molecule has 4 rings (SSSR count). The zero-order valence-corrected chi connectivity index (χ0v) is 16.4. The highest BCUT2D eigenvalue weighted by Crippen LogP contribution is 2.51. The third-order valence-corrected chi connectivity index (χ3v) is 6.09. The van der Waals surface area contributed by atoms with E-state index in [1.807, 2.05) is 67.7 Å². The summed E-state index contributed by atoms with van der Waals surface area (Å²) in [4.78, 5) is 13.6. The van der Waals surface area contributed by atoms with E-state index in [2.05, 4.69) is 12.1 Å². The molecule has 2 aromatic rings. The summed E-state index contributed by atoms with van der Waals surface area (Å²) in [6.07, 6.45) is 3.92. The molecule has 2 aromatic carbocycles. The van der Waals surface area contributed by atoms with Gasteiger partial charge in [0, 0.05) is 12.5 Å². The fourth-order valence-corrected chi connectivity index (χ4v) is 4.97. The summed E-state index contributed by atoms with van der Waals surface area (Å²) < 4.78 is 5.53. The van der Waals surface area contributed by atoms with E-state index in [1.54, 1.807) is 6.92 Å².